The Balaban J connectivity index is 2.83. The van der Waals surface area contributed by atoms with Crippen LogP contribution in [0.1, 0.15) is 38.4 Å². The van der Waals surface area contributed by atoms with Gasteiger partial charge in [-0.25, -0.2) is 4.98 Å². The minimum absolute atomic E-state index is 0.0710. The van der Waals surface area contributed by atoms with Gasteiger partial charge in [-0.1, -0.05) is 6.92 Å². The van der Waals surface area contributed by atoms with E-state index in [-0.39, 0.29) is 6.10 Å². The van der Waals surface area contributed by atoms with Crippen LogP contribution in [0.2, 0.25) is 0 Å². The lowest BCUT2D eigenvalue weighted by atomic mass is 10.1. The van der Waals surface area contributed by atoms with Crippen LogP contribution in [0, 0.1) is 12.3 Å². The first kappa shape index (κ1) is 18.9. The second kappa shape index (κ2) is 9.10. The molecule has 1 heterocycles. The Morgan fingerprint density at radius 1 is 1.45 bits per heavy atom. The van der Waals surface area contributed by atoms with Crippen molar-refractivity contribution >= 4 is 21.8 Å². The maximum atomic E-state index is 8.20. The van der Waals surface area contributed by atoms with Gasteiger partial charge in [-0.05, 0) is 49.2 Å². The van der Waals surface area contributed by atoms with E-state index in [1.165, 1.54) is 0 Å². The van der Waals surface area contributed by atoms with Crippen molar-refractivity contribution in [3.63, 3.8) is 0 Å². The summed E-state index contributed by atoms with van der Waals surface area (Å²) in [7, 11) is 1.90. The number of rotatable bonds is 8. The first-order valence-electron chi connectivity index (χ1n) is 7.62. The summed E-state index contributed by atoms with van der Waals surface area (Å²) in [6, 6.07) is 1.89. The average Bonchev–Trinajstić information content (AvgIpc) is 2.49. The molecule has 1 rings (SSSR count). The zero-order valence-corrected chi connectivity index (χ0v) is 15.7. The van der Waals surface area contributed by atoms with E-state index in [0.29, 0.717) is 18.3 Å². The summed E-state index contributed by atoms with van der Waals surface area (Å²) >= 11 is 3.49. The molecule has 1 aromatic rings. The lowest BCUT2D eigenvalue weighted by molar-refractivity contribution is 0.0563. The third-order valence-electron chi connectivity index (χ3n) is 3.26. The van der Waals surface area contributed by atoms with Gasteiger partial charge in [0.05, 0.1) is 16.8 Å². The van der Waals surface area contributed by atoms with E-state index in [2.05, 4.69) is 27.8 Å². The fourth-order valence-electron chi connectivity index (χ4n) is 1.86. The van der Waals surface area contributed by atoms with Crippen molar-refractivity contribution in [2.75, 3.05) is 26.8 Å². The molecule has 22 heavy (non-hydrogen) atoms. The predicted octanol–water partition coefficient (Wildman–Crippen LogP) is 3.62. The molecule has 5 nitrogen and oxygen atoms in total. The number of aryl methyl sites for hydroxylation is 1. The molecule has 1 N–H and O–H groups in total. The molecular weight excluding hydrogens is 346 g/mol. The number of nitrogens with one attached hydrogen (secondary N) is 1. The van der Waals surface area contributed by atoms with Crippen molar-refractivity contribution in [3.8, 4) is 5.88 Å². The molecule has 0 bridgehead atoms. The summed E-state index contributed by atoms with van der Waals surface area (Å²) in [5, 5.41) is 8.20. The summed E-state index contributed by atoms with van der Waals surface area (Å²) in [5.74, 6) is 1.000. The van der Waals surface area contributed by atoms with Crippen LogP contribution in [-0.2, 0) is 4.74 Å². The van der Waals surface area contributed by atoms with Gasteiger partial charge in [0.1, 0.15) is 11.9 Å². The van der Waals surface area contributed by atoms with E-state index in [1.54, 1.807) is 0 Å². The largest absolute Gasteiger partial charge is 0.471 e. The second-order valence-electron chi connectivity index (χ2n) is 5.27. The van der Waals surface area contributed by atoms with Crippen molar-refractivity contribution in [3.05, 3.63) is 21.8 Å². The molecule has 1 aromatic heterocycles. The van der Waals surface area contributed by atoms with Gasteiger partial charge < -0.3 is 14.4 Å². The second-order valence-corrected chi connectivity index (χ2v) is 6.13. The molecule has 0 amide bonds. The Kier molecular flexibility index (Phi) is 7.82. The third kappa shape index (κ3) is 5.25. The minimum atomic E-state index is -0.0710. The summed E-state index contributed by atoms with van der Waals surface area (Å²) in [5.41, 5.74) is 1.59. The van der Waals surface area contributed by atoms with Gasteiger partial charge in [0, 0.05) is 25.8 Å². The topological polar surface area (TPSA) is 58.4 Å². The molecule has 0 aliphatic rings. The molecule has 0 aliphatic heterocycles. The fourth-order valence-corrected chi connectivity index (χ4v) is 2.27. The molecule has 0 saturated carbocycles. The van der Waals surface area contributed by atoms with Gasteiger partial charge >= 0.3 is 0 Å². The van der Waals surface area contributed by atoms with Crippen molar-refractivity contribution < 1.29 is 9.47 Å². The molecule has 0 aliphatic carbocycles. The number of amidine groups is 1. The molecule has 1 atom stereocenters. The highest BCUT2D eigenvalue weighted by Crippen LogP contribution is 2.26. The molecule has 0 saturated heterocycles. The first-order chi connectivity index (χ1) is 10.4. The summed E-state index contributed by atoms with van der Waals surface area (Å²) in [4.78, 5) is 6.36. The number of aromatic nitrogens is 1. The first-order valence-corrected chi connectivity index (χ1v) is 8.41. The van der Waals surface area contributed by atoms with E-state index in [1.807, 2.05) is 38.8 Å². The molecule has 6 heteroatoms. The van der Waals surface area contributed by atoms with Crippen molar-refractivity contribution in [2.45, 2.75) is 40.2 Å². The van der Waals surface area contributed by atoms with Gasteiger partial charge in [-0.15, -0.1) is 0 Å². The van der Waals surface area contributed by atoms with E-state index in [0.717, 1.165) is 35.3 Å². The highest BCUT2D eigenvalue weighted by molar-refractivity contribution is 9.10. The molecule has 0 unspecified atom stereocenters. The number of hydrogen-bond donors (Lipinski definition) is 1. The smallest absolute Gasteiger partial charge is 0.228 e. The monoisotopic (exact) mass is 371 g/mol. The predicted molar refractivity (Wildman–Crippen MR) is 93.0 cm³/mol. The SMILES string of the molecule is CCCOC[C@H](C)Oc1nc(C)c(C(=N)N(C)CC)cc1Br. The van der Waals surface area contributed by atoms with Crippen LogP contribution in [0.5, 0.6) is 5.88 Å². The quantitative estimate of drug-likeness (QED) is 0.430. The molecule has 124 valence electrons. The Bertz CT molecular complexity index is 508. The van der Waals surface area contributed by atoms with Crippen molar-refractivity contribution in [1.82, 2.24) is 9.88 Å². The number of pyridine rings is 1. The Morgan fingerprint density at radius 2 is 2.14 bits per heavy atom. The molecule has 0 spiro atoms. The van der Waals surface area contributed by atoms with Crippen molar-refractivity contribution in [2.24, 2.45) is 0 Å². The van der Waals surface area contributed by atoms with Crippen LogP contribution in [0.3, 0.4) is 0 Å². The van der Waals surface area contributed by atoms with E-state index < -0.39 is 0 Å². The van der Waals surface area contributed by atoms with E-state index >= 15 is 0 Å². The minimum Gasteiger partial charge on any atom is -0.471 e. The summed E-state index contributed by atoms with van der Waals surface area (Å²) in [6.45, 7) is 10.00. The summed E-state index contributed by atoms with van der Waals surface area (Å²) < 4.78 is 12.1. The standard InChI is InChI=1S/C16H26BrN3O2/c1-6-8-21-10-11(3)22-16-14(17)9-13(12(4)19-16)15(18)20(5)7-2/h9,11,18H,6-8,10H2,1-5H3/t11-/m0/s1. The number of hydrogen-bond acceptors (Lipinski definition) is 4. The lowest BCUT2D eigenvalue weighted by Crippen LogP contribution is -2.27. The molecular formula is C16H26BrN3O2. The van der Waals surface area contributed by atoms with E-state index in [4.69, 9.17) is 14.9 Å². The number of nitrogens with zero attached hydrogens (tertiary/aromatic N) is 2. The van der Waals surface area contributed by atoms with Gasteiger partial charge in [0.25, 0.3) is 0 Å². The maximum absolute atomic E-state index is 8.20. The average molecular weight is 372 g/mol. The summed E-state index contributed by atoms with van der Waals surface area (Å²) in [6.07, 6.45) is 0.925. The van der Waals surface area contributed by atoms with Crippen LogP contribution in [0.25, 0.3) is 0 Å². The number of ether oxygens (including phenoxy) is 2. The van der Waals surface area contributed by atoms with Gasteiger partial charge in [0.2, 0.25) is 5.88 Å². The third-order valence-corrected chi connectivity index (χ3v) is 3.83. The zero-order chi connectivity index (χ0) is 16.7. The van der Waals surface area contributed by atoms with Gasteiger partial charge in [0.15, 0.2) is 0 Å². The zero-order valence-electron chi connectivity index (χ0n) is 14.1. The van der Waals surface area contributed by atoms with Crippen LogP contribution >= 0.6 is 15.9 Å². The normalized spacial score (nSPS) is 12.1. The highest BCUT2D eigenvalue weighted by Gasteiger charge is 2.16. The molecule has 0 radical (unpaired) electrons. The molecule has 0 fully saturated rings. The lowest BCUT2D eigenvalue weighted by Gasteiger charge is -2.20. The highest BCUT2D eigenvalue weighted by atomic mass is 79.9. The van der Waals surface area contributed by atoms with Gasteiger partial charge in [-0.3, -0.25) is 5.41 Å². The van der Waals surface area contributed by atoms with Crippen LogP contribution in [0.4, 0.5) is 0 Å². The Hall–Kier alpha value is -1.14. The Morgan fingerprint density at radius 3 is 2.73 bits per heavy atom. The van der Waals surface area contributed by atoms with Crippen molar-refractivity contribution in [1.29, 1.82) is 5.41 Å². The van der Waals surface area contributed by atoms with E-state index in [9.17, 15) is 0 Å². The van der Waals surface area contributed by atoms with Crippen LogP contribution in [0.15, 0.2) is 10.5 Å². The molecule has 0 aromatic carbocycles. The number of halogens is 1. The maximum Gasteiger partial charge on any atom is 0.228 e. The van der Waals surface area contributed by atoms with Crippen LogP contribution in [-0.4, -0.2) is 48.6 Å². The fraction of sp³-hybridized carbons (Fsp3) is 0.625. The van der Waals surface area contributed by atoms with Crippen LogP contribution < -0.4 is 4.74 Å². The Labute approximate surface area is 141 Å². The van der Waals surface area contributed by atoms with Gasteiger partial charge in [-0.2, -0.15) is 0 Å².